The van der Waals surface area contributed by atoms with E-state index < -0.39 is 5.91 Å². The molecule has 2 aromatic rings. The van der Waals surface area contributed by atoms with E-state index in [2.05, 4.69) is 33.7 Å². The summed E-state index contributed by atoms with van der Waals surface area (Å²) in [6, 6.07) is 15.0. The molecule has 0 heterocycles. The molecule has 0 saturated carbocycles. The number of rotatable bonds is 10. The molecule has 0 saturated heterocycles. The van der Waals surface area contributed by atoms with Gasteiger partial charge in [0.15, 0.2) is 0 Å². The molecule has 2 N–H and O–H groups in total. The van der Waals surface area contributed by atoms with Crippen molar-refractivity contribution in [2.45, 2.75) is 45.4 Å². The van der Waals surface area contributed by atoms with Gasteiger partial charge in [0.1, 0.15) is 5.75 Å². The van der Waals surface area contributed by atoms with Crippen LogP contribution < -0.4 is 15.6 Å². The van der Waals surface area contributed by atoms with Gasteiger partial charge in [-0.3, -0.25) is 20.4 Å². The largest absolute Gasteiger partial charge is 0.493 e. The van der Waals surface area contributed by atoms with E-state index in [1.54, 1.807) is 12.1 Å². The number of hydrazine groups is 1. The van der Waals surface area contributed by atoms with E-state index in [-0.39, 0.29) is 5.91 Å². The van der Waals surface area contributed by atoms with Gasteiger partial charge in [0, 0.05) is 10.9 Å². The van der Waals surface area contributed by atoms with Crippen LogP contribution in [0.2, 0.25) is 0 Å². The SMILES string of the molecule is CCCCCCOc1ccc(Br)cc1C(=O)NNC(=O)CCc1ccccc1. The predicted octanol–water partition coefficient (Wildman–Crippen LogP) is 4.80. The average molecular weight is 447 g/mol. The van der Waals surface area contributed by atoms with Crippen molar-refractivity contribution in [3.05, 3.63) is 64.1 Å². The van der Waals surface area contributed by atoms with Crippen molar-refractivity contribution in [3.63, 3.8) is 0 Å². The Bertz CT molecular complexity index is 766. The van der Waals surface area contributed by atoms with E-state index >= 15 is 0 Å². The summed E-state index contributed by atoms with van der Waals surface area (Å²) < 4.78 is 6.55. The molecule has 0 unspecified atom stereocenters. The molecule has 6 heteroatoms. The third-order valence-corrected chi connectivity index (χ3v) is 4.73. The minimum absolute atomic E-state index is 0.241. The summed E-state index contributed by atoms with van der Waals surface area (Å²) in [5.74, 6) is -0.136. The highest BCUT2D eigenvalue weighted by Crippen LogP contribution is 2.23. The lowest BCUT2D eigenvalue weighted by atomic mass is 10.1. The minimum Gasteiger partial charge on any atom is -0.493 e. The van der Waals surface area contributed by atoms with Crippen LogP contribution in [-0.4, -0.2) is 18.4 Å². The summed E-state index contributed by atoms with van der Waals surface area (Å²) in [6.45, 7) is 2.72. The summed E-state index contributed by atoms with van der Waals surface area (Å²) in [5, 5.41) is 0. The molecule has 0 atom stereocenters. The average Bonchev–Trinajstić information content (AvgIpc) is 2.72. The minimum atomic E-state index is -0.405. The van der Waals surface area contributed by atoms with Crippen LogP contribution in [0.1, 0.15) is 54.9 Å². The van der Waals surface area contributed by atoms with Crippen molar-refractivity contribution in [2.24, 2.45) is 0 Å². The van der Waals surface area contributed by atoms with Crippen molar-refractivity contribution in [3.8, 4) is 5.75 Å². The number of amides is 2. The molecular formula is C22H27BrN2O3. The number of unbranched alkanes of at least 4 members (excludes halogenated alkanes) is 3. The highest BCUT2D eigenvalue weighted by Gasteiger charge is 2.14. The smallest absolute Gasteiger partial charge is 0.273 e. The topological polar surface area (TPSA) is 67.4 Å². The maximum atomic E-state index is 12.5. The lowest BCUT2D eigenvalue weighted by Gasteiger charge is -2.13. The zero-order valence-corrected chi connectivity index (χ0v) is 17.8. The molecule has 28 heavy (non-hydrogen) atoms. The molecule has 0 fully saturated rings. The summed E-state index contributed by atoms with van der Waals surface area (Å²) in [7, 11) is 0. The van der Waals surface area contributed by atoms with Gasteiger partial charge in [0.2, 0.25) is 5.91 Å². The van der Waals surface area contributed by atoms with Gasteiger partial charge in [-0.2, -0.15) is 0 Å². The fourth-order valence-electron chi connectivity index (χ4n) is 2.68. The van der Waals surface area contributed by atoms with Crippen molar-refractivity contribution >= 4 is 27.7 Å². The number of ether oxygens (including phenoxy) is 1. The molecule has 0 spiro atoms. The molecule has 0 aliphatic heterocycles. The number of nitrogens with one attached hydrogen (secondary N) is 2. The van der Waals surface area contributed by atoms with Crippen LogP contribution in [0.25, 0.3) is 0 Å². The predicted molar refractivity (Wildman–Crippen MR) is 114 cm³/mol. The molecule has 0 bridgehead atoms. The third kappa shape index (κ3) is 7.72. The molecule has 0 aliphatic carbocycles. The number of halogens is 1. The maximum absolute atomic E-state index is 12.5. The molecule has 2 rings (SSSR count). The van der Waals surface area contributed by atoms with Gasteiger partial charge in [-0.1, -0.05) is 72.4 Å². The number of aryl methyl sites for hydroxylation is 1. The van der Waals surface area contributed by atoms with Gasteiger partial charge in [-0.25, -0.2) is 0 Å². The molecule has 0 radical (unpaired) electrons. The van der Waals surface area contributed by atoms with Gasteiger partial charge >= 0.3 is 0 Å². The van der Waals surface area contributed by atoms with Crippen molar-refractivity contribution < 1.29 is 14.3 Å². The molecule has 150 valence electrons. The van der Waals surface area contributed by atoms with Crippen molar-refractivity contribution in [1.82, 2.24) is 10.9 Å². The molecular weight excluding hydrogens is 420 g/mol. The molecule has 0 aliphatic rings. The Hall–Kier alpha value is -2.34. The lowest BCUT2D eigenvalue weighted by Crippen LogP contribution is -2.41. The second-order valence-electron chi connectivity index (χ2n) is 6.54. The van der Waals surface area contributed by atoms with Crippen molar-refractivity contribution in [2.75, 3.05) is 6.61 Å². The number of carbonyl (C=O) groups is 2. The van der Waals surface area contributed by atoms with E-state index in [1.807, 2.05) is 36.4 Å². The monoisotopic (exact) mass is 446 g/mol. The quantitative estimate of drug-likeness (QED) is 0.406. The molecule has 2 aromatic carbocycles. The Morgan fingerprint density at radius 1 is 1.00 bits per heavy atom. The summed E-state index contributed by atoms with van der Waals surface area (Å²) in [4.78, 5) is 24.5. The zero-order chi connectivity index (χ0) is 20.2. The van der Waals surface area contributed by atoms with Gasteiger partial charge in [-0.15, -0.1) is 0 Å². The fraction of sp³-hybridized carbons (Fsp3) is 0.364. The summed E-state index contributed by atoms with van der Waals surface area (Å²) in [6.07, 6.45) is 5.30. The highest BCUT2D eigenvalue weighted by molar-refractivity contribution is 9.10. The van der Waals surface area contributed by atoms with Gasteiger partial charge in [0.25, 0.3) is 5.91 Å². The van der Waals surface area contributed by atoms with E-state index in [9.17, 15) is 9.59 Å². The third-order valence-electron chi connectivity index (χ3n) is 4.24. The lowest BCUT2D eigenvalue weighted by molar-refractivity contribution is -0.121. The Morgan fingerprint density at radius 3 is 2.54 bits per heavy atom. The Kier molecular flexibility index (Phi) is 9.55. The second-order valence-corrected chi connectivity index (χ2v) is 7.45. The van der Waals surface area contributed by atoms with Crippen LogP contribution in [0.5, 0.6) is 5.75 Å². The van der Waals surface area contributed by atoms with Crippen LogP contribution in [0.15, 0.2) is 53.0 Å². The maximum Gasteiger partial charge on any atom is 0.273 e. The summed E-state index contributed by atoms with van der Waals surface area (Å²) >= 11 is 3.37. The van der Waals surface area contributed by atoms with E-state index in [0.717, 1.165) is 29.3 Å². The second kappa shape index (κ2) is 12.2. The van der Waals surface area contributed by atoms with Crippen LogP contribution in [-0.2, 0) is 11.2 Å². The molecule has 2 amide bonds. The van der Waals surface area contributed by atoms with Crippen LogP contribution >= 0.6 is 15.9 Å². The first-order chi connectivity index (χ1) is 13.6. The van der Waals surface area contributed by atoms with Gasteiger partial charge < -0.3 is 4.74 Å². The van der Waals surface area contributed by atoms with Crippen LogP contribution in [0, 0.1) is 0 Å². The number of benzene rings is 2. The fourth-order valence-corrected chi connectivity index (χ4v) is 3.04. The number of hydrogen-bond donors (Lipinski definition) is 2. The Morgan fingerprint density at radius 2 is 1.79 bits per heavy atom. The van der Waals surface area contributed by atoms with E-state index in [1.165, 1.54) is 6.42 Å². The number of carbonyl (C=O) groups excluding carboxylic acids is 2. The standard InChI is InChI=1S/C22H27BrN2O3/c1-2-3-4-8-15-28-20-13-12-18(23)16-19(20)22(27)25-24-21(26)14-11-17-9-6-5-7-10-17/h5-7,9-10,12-13,16H,2-4,8,11,14-15H2,1H3,(H,24,26)(H,25,27). The first-order valence-corrected chi connectivity index (χ1v) is 10.4. The zero-order valence-electron chi connectivity index (χ0n) is 16.2. The van der Waals surface area contributed by atoms with Gasteiger partial charge in [0.05, 0.1) is 12.2 Å². The first kappa shape index (κ1) is 22.0. The van der Waals surface area contributed by atoms with Crippen LogP contribution in [0.4, 0.5) is 0 Å². The highest BCUT2D eigenvalue weighted by atomic mass is 79.9. The van der Waals surface area contributed by atoms with Crippen LogP contribution in [0.3, 0.4) is 0 Å². The normalized spacial score (nSPS) is 10.4. The van der Waals surface area contributed by atoms with Gasteiger partial charge in [-0.05, 0) is 36.6 Å². The van der Waals surface area contributed by atoms with Crippen molar-refractivity contribution in [1.29, 1.82) is 0 Å². The molecule has 0 aromatic heterocycles. The Balaban J connectivity index is 1.84. The van der Waals surface area contributed by atoms with E-state index in [0.29, 0.717) is 30.8 Å². The van der Waals surface area contributed by atoms with E-state index in [4.69, 9.17) is 4.74 Å². The Labute approximate surface area is 175 Å². The summed E-state index contributed by atoms with van der Waals surface area (Å²) in [5.41, 5.74) is 6.41. The molecule has 5 nitrogen and oxygen atoms in total. The number of hydrogen-bond acceptors (Lipinski definition) is 3. The first-order valence-electron chi connectivity index (χ1n) is 9.65.